The molecule has 3 rings (SSSR count). The van der Waals surface area contributed by atoms with E-state index in [1.165, 1.54) is 37.4 Å². The highest BCUT2D eigenvalue weighted by molar-refractivity contribution is 6.30. The van der Waals surface area contributed by atoms with Crippen molar-refractivity contribution in [2.24, 2.45) is 0 Å². The van der Waals surface area contributed by atoms with Crippen LogP contribution in [-0.2, 0) is 11.3 Å². The van der Waals surface area contributed by atoms with E-state index in [2.05, 4.69) is 10.6 Å². The van der Waals surface area contributed by atoms with Crippen molar-refractivity contribution in [1.29, 1.82) is 0 Å². The first-order valence-electron chi connectivity index (χ1n) is 12.3. The van der Waals surface area contributed by atoms with E-state index >= 15 is 0 Å². The molecule has 1 aliphatic heterocycles. The van der Waals surface area contributed by atoms with Crippen molar-refractivity contribution in [3.05, 3.63) is 58.6 Å². The molecule has 3 atom stereocenters. The van der Waals surface area contributed by atoms with Gasteiger partial charge in [-0.25, -0.2) is 4.79 Å². The van der Waals surface area contributed by atoms with Crippen molar-refractivity contribution in [2.45, 2.75) is 70.9 Å². The molecular weight excluding hydrogens is 523 g/mol. The van der Waals surface area contributed by atoms with Gasteiger partial charge in [0.15, 0.2) is 0 Å². The maximum absolute atomic E-state index is 14.3. The fourth-order valence-electron chi connectivity index (χ4n) is 4.59. The number of amides is 3. The molecule has 1 heterocycles. The first kappa shape index (κ1) is 29.6. The SMILES string of the molecule is COc1ccc(NC(c2ccc(Cl)cc2CNC(=O)[N+]2(C(=O)OC(C)(C)C)CCC[C@H]2C)C(F)(F)F)cc1. The van der Waals surface area contributed by atoms with Gasteiger partial charge < -0.3 is 20.1 Å². The molecule has 2 aromatic rings. The summed E-state index contributed by atoms with van der Waals surface area (Å²) in [5, 5.41) is 5.44. The van der Waals surface area contributed by atoms with Crippen LogP contribution in [0.5, 0.6) is 5.75 Å². The Bertz CT molecular complexity index is 1150. The molecule has 0 radical (unpaired) electrons. The van der Waals surface area contributed by atoms with Crippen molar-refractivity contribution >= 4 is 29.4 Å². The van der Waals surface area contributed by atoms with Crippen LogP contribution in [0, 0.1) is 0 Å². The Labute approximate surface area is 225 Å². The van der Waals surface area contributed by atoms with E-state index in [1.54, 1.807) is 39.8 Å². The first-order valence-corrected chi connectivity index (χ1v) is 12.7. The Balaban J connectivity index is 1.90. The Morgan fingerprint density at radius 1 is 1.13 bits per heavy atom. The number of benzene rings is 2. The minimum Gasteiger partial charge on any atom is -0.497 e. The van der Waals surface area contributed by atoms with Crippen molar-refractivity contribution in [3.63, 3.8) is 0 Å². The zero-order chi connectivity index (χ0) is 28.3. The number of alkyl halides is 3. The molecule has 7 nitrogen and oxygen atoms in total. The lowest BCUT2D eigenvalue weighted by Gasteiger charge is -2.34. The number of halogens is 4. The Hall–Kier alpha value is -2.98. The van der Waals surface area contributed by atoms with Gasteiger partial charge in [0.05, 0.1) is 13.7 Å². The molecule has 0 bridgehead atoms. The normalized spacial score (nSPS) is 20.5. The average molecular weight is 557 g/mol. The fourth-order valence-corrected chi connectivity index (χ4v) is 4.78. The summed E-state index contributed by atoms with van der Waals surface area (Å²) < 4.78 is 52.9. The Kier molecular flexibility index (Phi) is 8.88. The number of urea groups is 1. The molecule has 1 fully saturated rings. The molecule has 0 aromatic heterocycles. The second-order valence-electron chi connectivity index (χ2n) is 10.4. The number of carbonyl (C=O) groups excluding carboxylic acids is 2. The van der Waals surface area contributed by atoms with Crippen molar-refractivity contribution in [3.8, 4) is 5.75 Å². The number of anilines is 1. The van der Waals surface area contributed by atoms with Gasteiger partial charge in [-0.3, -0.25) is 0 Å². The number of likely N-dealkylation sites (tertiary alicyclic amines) is 1. The van der Waals surface area contributed by atoms with Crippen LogP contribution in [0.15, 0.2) is 42.5 Å². The molecular formula is C27H34ClF3N3O4+. The number of quaternary nitrogens is 1. The second kappa shape index (κ2) is 11.4. The third kappa shape index (κ3) is 6.71. The molecule has 0 spiro atoms. The summed E-state index contributed by atoms with van der Waals surface area (Å²) >= 11 is 6.14. The molecule has 11 heteroatoms. The van der Waals surface area contributed by atoms with Gasteiger partial charge >= 0.3 is 18.3 Å². The lowest BCUT2D eigenvalue weighted by molar-refractivity contribution is -0.789. The maximum Gasteiger partial charge on any atom is 0.525 e. The number of methoxy groups -OCH3 is 1. The standard InChI is InChI=1S/C27H33ClF3N3O4/c1-17-7-6-14-34(17,25(36)38-26(2,3)4)24(35)32-16-18-15-19(28)8-13-22(18)23(27(29,30)31)33-20-9-11-21(37-5)12-10-20/h8-13,15,17,23,33H,6-7,14,16H2,1-5H3/p+1/t17-,23?,34?/m1/s1. The summed E-state index contributed by atoms with van der Waals surface area (Å²) in [5.74, 6) is 0.507. The molecule has 2 unspecified atom stereocenters. The molecule has 0 saturated carbocycles. The summed E-state index contributed by atoms with van der Waals surface area (Å²) in [7, 11) is 1.47. The highest BCUT2D eigenvalue weighted by Crippen LogP contribution is 2.38. The number of ether oxygens (including phenoxy) is 2. The minimum atomic E-state index is -4.67. The summed E-state index contributed by atoms with van der Waals surface area (Å²) in [6.45, 7) is 6.91. The third-order valence-electron chi connectivity index (χ3n) is 6.54. The molecule has 2 aromatic carbocycles. The predicted octanol–water partition coefficient (Wildman–Crippen LogP) is 7.21. The molecule has 2 N–H and O–H groups in total. The average Bonchev–Trinajstić information content (AvgIpc) is 3.22. The summed E-state index contributed by atoms with van der Waals surface area (Å²) in [6, 6.07) is 7.06. The van der Waals surface area contributed by atoms with Crippen LogP contribution < -0.4 is 15.4 Å². The number of imide groups is 1. The van der Waals surface area contributed by atoms with E-state index in [9.17, 15) is 22.8 Å². The second-order valence-corrected chi connectivity index (χ2v) is 10.8. The van der Waals surface area contributed by atoms with Gasteiger partial charge in [0.25, 0.3) is 0 Å². The van der Waals surface area contributed by atoms with Crippen LogP contribution in [0.1, 0.15) is 57.7 Å². The largest absolute Gasteiger partial charge is 0.525 e. The van der Waals surface area contributed by atoms with Gasteiger partial charge in [-0.05, 0) is 75.2 Å². The van der Waals surface area contributed by atoms with Crippen molar-refractivity contribution in [1.82, 2.24) is 5.32 Å². The lowest BCUT2D eigenvalue weighted by Crippen LogP contribution is -2.63. The number of nitrogens with zero attached hydrogens (tertiary/aromatic N) is 1. The molecule has 1 aliphatic rings. The van der Waals surface area contributed by atoms with E-state index in [0.717, 1.165) is 0 Å². The van der Waals surface area contributed by atoms with E-state index in [-0.39, 0.29) is 41.0 Å². The molecule has 208 valence electrons. The van der Waals surface area contributed by atoms with Crippen LogP contribution in [0.25, 0.3) is 0 Å². The predicted molar refractivity (Wildman–Crippen MR) is 139 cm³/mol. The number of hydrogen-bond acceptors (Lipinski definition) is 5. The topological polar surface area (TPSA) is 76.7 Å². The van der Waals surface area contributed by atoms with Crippen LogP contribution in [-0.4, -0.2) is 48.1 Å². The molecule has 1 saturated heterocycles. The highest BCUT2D eigenvalue weighted by atomic mass is 35.5. The summed E-state index contributed by atoms with van der Waals surface area (Å²) in [5.41, 5.74) is -0.504. The first-order chi connectivity index (χ1) is 17.7. The lowest BCUT2D eigenvalue weighted by atomic mass is 9.99. The summed E-state index contributed by atoms with van der Waals surface area (Å²) in [6.07, 6.45) is -4.07. The van der Waals surface area contributed by atoms with E-state index in [4.69, 9.17) is 21.1 Å². The monoisotopic (exact) mass is 556 g/mol. The van der Waals surface area contributed by atoms with E-state index < -0.39 is 34.4 Å². The highest BCUT2D eigenvalue weighted by Gasteiger charge is 2.55. The van der Waals surface area contributed by atoms with Gasteiger partial charge in [0.1, 0.15) is 23.4 Å². The Morgan fingerprint density at radius 2 is 1.79 bits per heavy atom. The van der Waals surface area contributed by atoms with Crippen LogP contribution in [0.3, 0.4) is 0 Å². The molecule has 0 aliphatic carbocycles. The molecule has 38 heavy (non-hydrogen) atoms. The maximum atomic E-state index is 14.3. The smallest absolute Gasteiger partial charge is 0.497 e. The van der Waals surface area contributed by atoms with Crippen LogP contribution >= 0.6 is 11.6 Å². The van der Waals surface area contributed by atoms with E-state index in [0.29, 0.717) is 18.6 Å². The van der Waals surface area contributed by atoms with Gasteiger partial charge in [0.2, 0.25) is 0 Å². The van der Waals surface area contributed by atoms with Gasteiger partial charge in [-0.15, -0.1) is 4.48 Å². The minimum absolute atomic E-state index is 0.101. The van der Waals surface area contributed by atoms with E-state index in [1.807, 2.05) is 0 Å². The summed E-state index contributed by atoms with van der Waals surface area (Å²) in [4.78, 5) is 26.6. The van der Waals surface area contributed by atoms with Gasteiger partial charge in [-0.1, -0.05) is 17.7 Å². The number of rotatable bonds is 6. The molecule has 3 amide bonds. The third-order valence-corrected chi connectivity index (χ3v) is 6.78. The fraction of sp³-hybridized carbons (Fsp3) is 0.481. The zero-order valence-corrected chi connectivity index (χ0v) is 22.9. The van der Waals surface area contributed by atoms with Crippen molar-refractivity contribution in [2.75, 3.05) is 19.0 Å². The van der Waals surface area contributed by atoms with Crippen LogP contribution in [0.2, 0.25) is 5.02 Å². The van der Waals surface area contributed by atoms with Crippen molar-refractivity contribution < 1.29 is 36.7 Å². The van der Waals surface area contributed by atoms with Gasteiger partial charge in [-0.2, -0.15) is 18.0 Å². The number of carbonyl (C=O) groups is 2. The number of nitrogens with one attached hydrogen (secondary N) is 2. The van der Waals surface area contributed by atoms with Crippen LogP contribution in [0.4, 0.5) is 28.4 Å². The zero-order valence-electron chi connectivity index (χ0n) is 22.1. The quantitative estimate of drug-likeness (QED) is 0.368. The number of hydrogen-bond donors (Lipinski definition) is 2. The van der Waals surface area contributed by atoms with Gasteiger partial charge in [0, 0.05) is 30.1 Å². The Morgan fingerprint density at radius 3 is 2.32 bits per heavy atom.